The van der Waals surface area contributed by atoms with Crippen LogP contribution in [0.2, 0.25) is 0 Å². The molecule has 5 heteroatoms. The van der Waals surface area contributed by atoms with Gasteiger partial charge in [0.2, 0.25) is 5.91 Å². The fraction of sp³-hybridized carbons (Fsp3) is 0.650. The van der Waals surface area contributed by atoms with Gasteiger partial charge in [-0.1, -0.05) is 12.1 Å². The molecular formula is C20H33N3O2. The van der Waals surface area contributed by atoms with E-state index in [2.05, 4.69) is 22.2 Å². The number of methoxy groups -OCH3 is 1. The Morgan fingerprint density at radius 1 is 1.12 bits per heavy atom. The predicted octanol–water partition coefficient (Wildman–Crippen LogP) is 2.12. The smallest absolute Gasteiger partial charge is 0.230 e. The maximum absolute atomic E-state index is 12.6. The van der Waals surface area contributed by atoms with Crippen LogP contribution >= 0.6 is 0 Å². The highest BCUT2D eigenvalue weighted by molar-refractivity contribution is 5.87. The number of rotatable bonds is 8. The van der Waals surface area contributed by atoms with E-state index in [0.717, 1.165) is 63.4 Å². The molecule has 1 saturated heterocycles. The maximum Gasteiger partial charge on any atom is 0.230 e. The van der Waals surface area contributed by atoms with Crippen molar-refractivity contribution in [2.45, 2.75) is 32.1 Å². The summed E-state index contributed by atoms with van der Waals surface area (Å²) >= 11 is 0. The molecular weight excluding hydrogens is 314 g/mol. The molecule has 1 aliphatic rings. The average molecular weight is 348 g/mol. The number of likely N-dealkylation sites (N-methyl/N-ethyl adjacent to an activating group) is 1. The zero-order valence-corrected chi connectivity index (χ0v) is 16.2. The number of carbonyl (C=O) groups is 1. The third-order valence-electron chi connectivity index (χ3n) is 5.16. The van der Waals surface area contributed by atoms with Crippen LogP contribution in [0.4, 0.5) is 0 Å². The molecule has 1 heterocycles. The Labute approximate surface area is 152 Å². The van der Waals surface area contributed by atoms with Crippen LogP contribution in [0.1, 0.15) is 32.3 Å². The van der Waals surface area contributed by atoms with Gasteiger partial charge in [0, 0.05) is 32.7 Å². The van der Waals surface area contributed by atoms with Gasteiger partial charge >= 0.3 is 0 Å². The van der Waals surface area contributed by atoms with Crippen molar-refractivity contribution in [3.05, 3.63) is 29.8 Å². The minimum absolute atomic E-state index is 0.0808. The SMILES string of the molecule is COc1ccc(C(C)(C)C(=O)NCCCCN2CCN(C)CC2)cc1. The molecule has 5 nitrogen and oxygen atoms in total. The number of benzene rings is 1. The van der Waals surface area contributed by atoms with E-state index in [4.69, 9.17) is 4.74 Å². The second-order valence-corrected chi connectivity index (χ2v) is 7.46. The molecule has 0 saturated carbocycles. The number of carbonyl (C=O) groups excluding carboxylic acids is 1. The van der Waals surface area contributed by atoms with E-state index in [-0.39, 0.29) is 5.91 Å². The summed E-state index contributed by atoms with van der Waals surface area (Å²) < 4.78 is 5.18. The molecule has 25 heavy (non-hydrogen) atoms. The second-order valence-electron chi connectivity index (χ2n) is 7.46. The summed E-state index contributed by atoms with van der Waals surface area (Å²) in [6.07, 6.45) is 2.16. The van der Waals surface area contributed by atoms with Crippen molar-refractivity contribution < 1.29 is 9.53 Å². The highest BCUT2D eigenvalue weighted by Gasteiger charge is 2.29. The molecule has 0 spiro atoms. The Morgan fingerprint density at radius 3 is 2.36 bits per heavy atom. The Hall–Kier alpha value is -1.59. The first-order valence-electron chi connectivity index (χ1n) is 9.27. The first kappa shape index (κ1) is 19.7. The fourth-order valence-electron chi connectivity index (χ4n) is 3.09. The Bertz CT molecular complexity index is 534. The molecule has 1 aromatic carbocycles. The topological polar surface area (TPSA) is 44.8 Å². The van der Waals surface area contributed by atoms with Crippen LogP contribution in [-0.4, -0.2) is 69.1 Å². The molecule has 2 rings (SSSR count). The van der Waals surface area contributed by atoms with Crippen LogP contribution in [0.5, 0.6) is 5.75 Å². The normalized spacial score (nSPS) is 16.6. The first-order valence-corrected chi connectivity index (χ1v) is 9.27. The van der Waals surface area contributed by atoms with Gasteiger partial charge in [0.25, 0.3) is 0 Å². The number of unbranched alkanes of at least 4 members (excludes halogenated alkanes) is 1. The summed E-state index contributed by atoms with van der Waals surface area (Å²) in [6, 6.07) is 7.73. The number of nitrogens with zero attached hydrogens (tertiary/aromatic N) is 2. The van der Waals surface area contributed by atoms with Crippen molar-refractivity contribution in [3.8, 4) is 5.75 Å². The van der Waals surface area contributed by atoms with Gasteiger partial charge in [-0.3, -0.25) is 4.79 Å². The van der Waals surface area contributed by atoms with Gasteiger partial charge in [-0.05, 0) is 58.0 Å². The molecule has 1 amide bonds. The second kappa shape index (κ2) is 9.20. The van der Waals surface area contributed by atoms with Gasteiger partial charge in [0.05, 0.1) is 12.5 Å². The van der Waals surface area contributed by atoms with Crippen molar-refractivity contribution in [1.29, 1.82) is 0 Å². The monoisotopic (exact) mass is 347 g/mol. The highest BCUT2D eigenvalue weighted by atomic mass is 16.5. The lowest BCUT2D eigenvalue weighted by molar-refractivity contribution is -0.125. The van der Waals surface area contributed by atoms with Crippen molar-refractivity contribution in [3.63, 3.8) is 0 Å². The highest BCUT2D eigenvalue weighted by Crippen LogP contribution is 2.25. The van der Waals surface area contributed by atoms with Gasteiger partial charge in [-0.2, -0.15) is 0 Å². The minimum Gasteiger partial charge on any atom is -0.497 e. The van der Waals surface area contributed by atoms with E-state index >= 15 is 0 Å². The molecule has 0 aliphatic carbocycles. The zero-order valence-electron chi connectivity index (χ0n) is 16.2. The summed E-state index contributed by atoms with van der Waals surface area (Å²) in [4.78, 5) is 17.5. The molecule has 1 aliphatic heterocycles. The van der Waals surface area contributed by atoms with E-state index in [9.17, 15) is 4.79 Å². The molecule has 140 valence electrons. The van der Waals surface area contributed by atoms with E-state index in [1.807, 2.05) is 38.1 Å². The lowest BCUT2D eigenvalue weighted by atomic mass is 9.83. The quantitative estimate of drug-likeness (QED) is 0.732. The van der Waals surface area contributed by atoms with Crippen molar-refractivity contribution >= 4 is 5.91 Å². The molecule has 0 atom stereocenters. The van der Waals surface area contributed by atoms with Crippen molar-refractivity contribution in [2.75, 3.05) is 53.4 Å². The summed E-state index contributed by atoms with van der Waals surface area (Å²) in [5, 5.41) is 3.10. The van der Waals surface area contributed by atoms with Crippen LogP contribution in [-0.2, 0) is 10.2 Å². The van der Waals surface area contributed by atoms with Gasteiger partial charge < -0.3 is 19.9 Å². The van der Waals surface area contributed by atoms with E-state index in [1.165, 1.54) is 0 Å². The minimum atomic E-state index is -0.538. The van der Waals surface area contributed by atoms with Crippen LogP contribution in [0.25, 0.3) is 0 Å². The number of hydrogen-bond donors (Lipinski definition) is 1. The number of ether oxygens (including phenoxy) is 1. The average Bonchev–Trinajstić information content (AvgIpc) is 2.62. The molecule has 1 N–H and O–H groups in total. The molecule has 0 radical (unpaired) electrons. The van der Waals surface area contributed by atoms with Gasteiger partial charge in [-0.15, -0.1) is 0 Å². The summed E-state index contributed by atoms with van der Waals surface area (Å²) in [6.45, 7) is 10.4. The summed E-state index contributed by atoms with van der Waals surface area (Å²) in [7, 11) is 3.83. The predicted molar refractivity (Wildman–Crippen MR) is 102 cm³/mol. The lowest BCUT2D eigenvalue weighted by Crippen LogP contribution is -2.44. The summed E-state index contributed by atoms with van der Waals surface area (Å²) in [5.41, 5.74) is 0.465. The number of hydrogen-bond acceptors (Lipinski definition) is 4. The van der Waals surface area contributed by atoms with Crippen LogP contribution in [0, 0.1) is 0 Å². The third kappa shape index (κ3) is 5.72. The first-order chi connectivity index (χ1) is 11.9. The number of amides is 1. The van der Waals surface area contributed by atoms with Crippen molar-refractivity contribution in [2.24, 2.45) is 0 Å². The lowest BCUT2D eigenvalue weighted by Gasteiger charge is -2.32. The molecule has 0 aromatic heterocycles. The largest absolute Gasteiger partial charge is 0.497 e. The Kier molecular flexibility index (Phi) is 7.26. The zero-order chi connectivity index (χ0) is 18.3. The third-order valence-corrected chi connectivity index (χ3v) is 5.16. The van der Waals surface area contributed by atoms with E-state index in [0.29, 0.717) is 0 Å². The van der Waals surface area contributed by atoms with Crippen LogP contribution in [0.3, 0.4) is 0 Å². The maximum atomic E-state index is 12.6. The standard InChI is InChI=1S/C20H33N3O2/c1-20(2,17-7-9-18(25-4)10-8-17)19(24)21-11-5-6-12-23-15-13-22(3)14-16-23/h7-10H,5-6,11-16H2,1-4H3,(H,21,24). The van der Waals surface area contributed by atoms with Gasteiger partial charge in [0.1, 0.15) is 5.75 Å². The molecule has 1 aromatic rings. The summed E-state index contributed by atoms with van der Waals surface area (Å²) in [5.74, 6) is 0.890. The van der Waals surface area contributed by atoms with Gasteiger partial charge in [0.15, 0.2) is 0 Å². The molecule has 0 unspecified atom stereocenters. The van der Waals surface area contributed by atoms with Crippen molar-refractivity contribution in [1.82, 2.24) is 15.1 Å². The van der Waals surface area contributed by atoms with Crippen LogP contribution in [0.15, 0.2) is 24.3 Å². The van der Waals surface area contributed by atoms with Gasteiger partial charge in [-0.25, -0.2) is 0 Å². The van der Waals surface area contributed by atoms with Crippen LogP contribution < -0.4 is 10.1 Å². The molecule has 1 fully saturated rings. The Morgan fingerprint density at radius 2 is 1.76 bits per heavy atom. The Balaban J connectivity index is 1.69. The fourth-order valence-corrected chi connectivity index (χ4v) is 3.09. The number of piperazine rings is 1. The van der Waals surface area contributed by atoms with E-state index < -0.39 is 5.41 Å². The molecule has 0 bridgehead atoms. The van der Waals surface area contributed by atoms with E-state index in [1.54, 1.807) is 7.11 Å². The number of nitrogens with one attached hydrogen (secondary N) is 1.